The van der Waals surface area contributed by atoms with Crippen molar-refractivity contribution in [2.24, 2.45) is 5.92 Å². The highest BCUT2D eigenvalue weighted by molar-refractivity contribution is 5.85. The van der Waals surface area contributed by atoms with Gasteiger partial charge in [-0.15, -0.1) is 12.4 Å². The third-order valence-electron chi connectivity index (χ3n) is 5.45. The van der Waals surface area contributed by atoms with Crippen LogP contribution >= 0.6 is 12.4 Å². The van der Waals surface area contributed by atoms with E-state index in [1.807, 2.05) is 30.1 Å². The monoisotopic (exact) mass is 366 g/mol. The lowest BCUT2D eigenvalue weighted by Crippen LogP contribution is -2.40. The number of aryl methyl sites for hydroxylation is 1. The van der Waals surface area contributed by atoms with Gasteiger partial charge in [0.15, 0.2) is 0 Å². The van der Waals surface area contributed by atoms with Gasteiger partial charge in [0, 0.05) is 32.1 Å². The van der Waals surface area contributed by atoms with Crippen molar-refractivity contribution in [3.05, 3.63) is 29.8 Å². The van der Waals surface area contributed by atoms with Gasteiger partial charge in [0.2, 0.25) is 5.91 Å². The van der Waals surface area contributed by atoms with E-state index < -0.39 is 0 Å². The molecule has 4 nitrogen and oxygen atoms in total. The molecule has 0 radical (unpaired) electrons. The summed E-state index contributed by atoms with van der Waals surface area (Å²) in [5.41, 5.74) is 1.16. The highest BCUT2D eigenvalue weighted by Crippen LogP contribution is 2.32. The molecular weight excluding hydrogens is 336 g/mol. The zero-order valence-electron chi connectivity index (χ0n) is 15.4. The van der Waals surface area contributed by atoms with Crippen molar-refractivity contribution < 1.29 is 9.53 Å². The number of ether oxygens (including phenoxy) is 1. The van der Waals surface area contributed by atoms with Gasteiger partial charge in [0.05, 0.1) is 6.61 Å². The van der Waals surface area contributed by atoms with E-state index in [9.17, 15) is 4.79 Å². The summed E-state index contributed by atoms with van der Waals surface area (Å²) in [5, 5.41) is 3.64. The van der Waals surface area contributed by atoms with Crippen LogP contribution in [-0.2, 0) is 4.79 Å². The molecule has 2 bridgehead atoms. The van der Waals surface area contributed by atoms with Gasteiger partial charge in [-0.25, -0.2) is 0 Å². The van der Waals surface area contributed by atoms with Crippen molar-refractivity contribution in [3.63, 3.8) is 0 Å². The number of rotatable bonds is 7. The molecule has 5 heteroatoms. The van der Waals surface area contributed by atoms with Crippen molar-refractivity contribution in [2.45, 2.75) is 57.5 Å². The molecule has 2 unspecified atom stereocenters. The smallest absolute Gasteiger partial charge is 0.222 e. The minimum atomic E-state index is 0. The van der Waals surface area contributed by atoms with Crippen LogP contribution in [0.2, 0.25) is 0 Å². The van der Waals surface area contributed by atoms with Crippen LogP contribution < -0.4 is 10.1 Å². The lowest BCUT2D eigenvalue weighted by atomic mass is 9.89. The second-order valence-electron chi connectivity index (χ2n) is 7.46. The number of hydrogen-bond donors (Lipinski definition) is 1. The summed E-state index contributed by atoms with van der Waals surface area (Å²) in [6, 6.07) is 9.38. The van der Waals surface area contributed by atoms with E-state index in [1.165, 1.54) is 25.7 Å². The zero-order valence-corrected chi connectivity index (χ0v) is 16.2. The molecule has 0 spiro atoms. The van der Waals surface area contributed by atoms with Crippen molar-refractivity contribution in [1.29, 1.82) is 0 Å². The number of hydrogen-bond acceptors (Lipinski definition) is 3. The maximum atomic E-state index is 12.4. The average Bonchev–Trinajstić information content (AvgIpc) is 2.91. The summed E-state index contributed by atoms with van der Waals surface area (Å²) in [7, 11) is 1.92. The number of benzene rings is 1. The fraction of sp³-hybridized carbons (Fsp3) is 0.650. The quantitative estimate of drug-likeness (QED) is 0.750. The first-order chi connectivity index (χ1) is 11.6. The predicted octanol–water partition coefficient (Wildman–Crippen LogP) is 3.56. The molecule has 2 aliphatic rings. The van der Waals surface area contributed by atoms with E-state index >= 15 is 0 Å². The minimum absolute atomic E-state index is 0. The van der Waals surface area contributed by atoms with Gasteiger partial charge in [-0.3, -0.25) is 4.79 Å². The summed E-state index contributed by atoms with van der Waals surface area (Å²) in [6.45, 7) is 3.47. The Morgan fingerprint density at radius 2 is 1.92 bits per heavy atom. The Hall–Kier alpha value is -1.26. The zero-order chi connectivity index (χ0) is 16.9. The van der Waals surface area contributed by atoms with Gasteiger partial charge in [0.1, 0.15) is 5.75 Å². The molecule has 2 heterocycles. The molecule has 140 valence electrons. The second-order valence-corrected chi connectivity index (χ2v) is 7.46. The Morgan fingerprint density at radius 1 is 1.24 bits per heavy atom. The molecule has 0 aromatic heterocycles. The van der Waals surface area contributed by atoms with Gasteiger partial charge < -0.3 is 15.0 Å². The summed E-state index contributed by atoms with van der Waals surface area (Å²) in [4.78, 5) is 14.3. The molecule has 1 amide bonds. The number of fused-ring (bicyclic) bond motifs is 2. The Balaban J connectivity index is 0.00000225. The van der Waals surface area contributed by atoms with Crippen LogP contribution in [-0.4, -0.2) is 43.1 Å². The van der Waals surface area contributed by atoms with E-state index in [-0.39, 0.29) is 18.3 Å². The maximum absolute atomic E-state index is 12.4. The molecule has 3 rings (SSSR count). The van der Waals surface area contributed by atoms with Gasteiger partial charge >= 0.3 is 0 Å². The SMILES string of the molecule is Cc1ccccc1OCCCN(C)C(=O)CC1CC2CCC(C1)N2.Cl. The topological polar surface area (TPSA) is 41.6 Å². The first-order valence-electron chi connectivity index (χ1n) is 9.30. The van der Waals surface area contributed by atoms with Gasteiger partial charge in [-0.1, -0.05) is 18.2 Å². The number of nitrogens with one attached hydrogen (secondary N) is 1. The molecule has 1 N–H and O–H groups in total. The first kappa shape index (κ1) is 20.1. The van der Waals surface area contributed by atoms with Crippen LogP contribution in [0.3, 0.4) is 0 Å². The Kier molecular flexibility index (Phi) is 7.57. The molecular formula is C20H31ClN2O2. The van der Waals surface area contributed by atoms with Crippen molar-refractivity contribution in [3.8, 4) is 5.75 Å². The lowest BCUT2D eigenvalue weighted by molar-refractivity contribution is -0.131. The Morgan fingerprint density at radius 3 is 2.60 bits per heavy atom. The highest BCUT2D eigenvalue weighted by Gasteiger charge is 2.34. The molecule has 1 aromatic carbocycles. The van der Waals surface area contributed by atoms with Crippen LogP contribution in [0.1, 0.15) is 44.1 Å². The molecule has 0 aliphatic carbocycles. The molecule has 25 heavy (non-hydrogen) atoms. The second kappa shape index (κ2) is 9.44. The Bertz CT molecular complexity index is 554. The van der Waals surface area contributed by atoms with Gasteiger partial charge in [0.25, 0.3) is 0 Å². The highest BCUT2D eigenvalue weighted by atomic mass is 35.5. The average molecular weight is 367 g/mol. The molecule has 2 saturated heterocycles. The number of piperidine rings is 1. The number of para-hydroxylation sites is 1. The summed E-state index contributed by atoms with van der Waals surface area (Å²) < 4.78 is 5.81. The third-order valence-corrected chi connectivity index (χ3v) is 5.45. The first-order valence-corrected chi connectivity index (χ1v) is 9.30. The van der Waals surface area contributed by atoms with E-state index in [2.05, 4.69) is 18.3 Å². The van der Waals surface area contributed by atoms with E-state index in [0.717, 1.165) is 24.3 Å². The number of halogens is 1. The summed E-state index contributed by atoms with van der Waals surface area (Å²) in [6.07, 6.45) is 6.51. The van der Waals surface area contributed by atoms with Crippen molar-refractivity contribution in [1.82, 2.24) is 10.2 Å². The number of amides is 1. The fourth-order valence-corrected chi connectivity index (χ4v) is 4.07. The van der Waals surface area contributed by atoms with Crippen LogP contribution in [0.4, 0.5) is 0 Å². The summed E-state index contributed by atoms with van der Waals surface area (Å²) >= 11 is 0. The molecule has 1 aromatic rings. The van der Waals surface area contributed by atoms with Crippen LogP contribution in [0.15, 0.2) is 24.3 Å². The van der Waals surface area contributed by atoms with Crippen LogP contribution in [0.5, 0.6) is 5.75 Å². The van der Waals surface area contributed by atoms with Crippen LogP contribution in [0, 0.1) is 12.8 Å². The van der Waals surface area contributed by atoms with E-state index in [0.29, 0.717) is 31.0 Å². The fourth-order valence-electron chi connectivity index (χ4n) is 4.07. The van der Waals surface area contributed by atoms with Crippen molar-refractivity contribution in [2.75, 3.05) is 20.2 Å². The standard InChI is InChI=1S/C20H30N2O2.ClH/c1-15-6-3-4-7-19(15)24-11-5-10-22(2)20(23)14-16-12-17-8-9-18(13-16)21-17;/h3-4,6-7,16-18,21H,5,8-14H2,1-2H3;1H. The molecule has 2 fully saturated rings. The Labute approximate surface area is 157 Å². The molecule has 2 aliphatic heterocycles. The normalized spacial score (nSPS) is 24.5. The van der Waals surface area contributed by atoms with Gasteiger partial charge in [-0.2, -0.15) is 0 Å². The minimum Gasteiger partial charge on any atom is -0.493 e. The number of carbonyl (C=O) groups is 1. The van der Waals surface area contributed by atoms with Crippen molar-refractivity contribution >= 4 is 18.3 Å². The largest absolute Gasteiger partial charge is 0.493 e. The molecule has 2 atom stereocenters. The van der Waals surface area contributed by atoms with Gasteiger partial charge in [-0.05, 0) is 56.6 Å². The number of carbonyl (C=O) groups excluding carboxylic acids is 1. The van der Waals surface area contributed by atoms with Crippen LogP contribution in [0.25, 0.3) is 0 Å². The molecule has 0 saturated carbocycles. The van der Waals surface area contributed by atoms with E-state index in [1.54, 1.807) is 0 Å². The summed E-state index contributed by atoms with van der Waals surface area (Å²) in [5.74, 6) is 1.80. The predicted molar refractivity (Wildman–Crippen MR) is 103 cm³/mol. The third kappa shape index (κ3) is 5.61. The lowest BCUT2D eigenvalue weighted by Gasteiger charge is -2.30. The number of nitrogens with zero attached hydrogens (tertiary/aromatic N) is 1. The van der Waals surface area contributed by atoms with E-state index in [4.69, 9.17) is 4.74 Å². The maximum Gasteiger partial charge on any atom is 0.222 e.